The smallest absolute Gasteiger partial charge is 0.141 e. The van der Waals surface area contributed by atoms with Gasteiger partial charge in [-0.3, -0.25) is 0 Å². The van der Waals surface area contributed by atoms with Crippen molar-refractivity contribution < 1.29 is 4.39 Å². The van der Waals surface area contributed by atoms with Crippen molar-refractivity contribution in [2.75, 3.05) is 6.54 Å². The highest BCUT2D eigenvalue weighted by molar-refractivity contribution is 6.30. The number of terminal acetylenes is 1. The van der Waals surface area contributed by atoms with Gasteiger partial charge in [-0.05, 0) is 44.0 Å². The van der Waals surface area contributed by atoms with E-state index in [2.05, 4.69) is 11.2 Å². The van der Waals surface area contributed by atoms with E-state index < -0.39 is 0 Å². The third-order valence-corrected chi connectivity index (χ3v) is 2.93. The van der Waals surface area contributed by atoms with Gasteiger partial charge in [0.05, 0.1) is 5.02 Å². The van der Waals surface area contributed by atoms with E-state index >= 15 is 0 Å². The van der Waals surface area contributed by atoms with Gasteiger partial charge in [0.2, 0.25) is 0 Å². The van der Waals surface area contributed by atoms with Gasteiger partial charge in [-0.25, -0.2) is 4.39 Å². The molecule has 1 nitrogen and oxygen atoms in total. The van der Waals surface area contributed by atoms with E-state index in [1.807, 2.05) is 6.92 Å². The van der Waals surface area contributed by atoms with Crippen LogP contribution in [0.3, 0.4) is 0 Å². The van der Waals surface area contributed by atoms with Crippen molar-refractivity contribution in [3.8, 4) is 12.3 Å². The Kier molecular flexibility index (Phi) is 6.04. The summed E-state index contributed by atoms with van der Waals surface area (Å²) in [6, 6.07) is 4.98. The van der Waals surface area contributed by atoms with Crippen LogP contribution in [-0.4, -0.2) is 6.54 Å². The van der Waals surface area contributed by atoms with E-state index in [9.17, 15) is 4.39 Å². The Morgan fingerprint density at radius 1 is 1.47 bits per heavy atom. The van der Waals surface area contributed by atoms with Gasteiger partial charge < -0.3 is 5.32 Å². The largest absolute Gasteiger partial charge is 0.310 e. The number of halogens is 2. The lowest BCUT2D eigenvalue weighted by atomic mass is 10.1. The zero-order valence-corrected chi connectivity index (χ0v) is 10.7. The first-order valence-corrected chi connectivity index (χ1v) is 6.14. The molecule has 0 saturated carbocycles. The molecule has 92 valence electrons. The predicted molar refractivity (Wildman–Crippen MR) is 70.5 cm³/mol. The summed E-state index contributed by atoms with van der Waals surface area (Å²) in [5, 5.41) is 3.52. The van der Waals surface area contributed by atoms with Gasteiger partial charge in [0, 0.05) is 12.5 Å². The Bertz CT molecular complexity index is 398. The molecule has 1 aromatic rings. The molecule has 1 aromatic carbocycles. The summed E-state index contributed by atoms with van der Waals surface area (Å²) in [7, 11) is 0. The zero-order valence-electron chi connectivity index (χ0n) is 9.97. The van der Waals surface area contributed by atoms with Crippen LogP contribution in [0, 0.1) is 18.2 Å². The molecule has 0 aliphatic carbocycles. The minimum atomic E-state index is -0.378. The Morgan fingerprint density at radius 3 is 2.88 bits per heavy atom. The summed E-state index contributed by atoms with van der Waals surface area (Å²) in [6.45, 7) is 2.93. The fourth-order valence-electron chi connectivity index (χ4n) is 1.57. The van der Waals surface area contributed by atoms with Crippen molar-refractivity contribution in [3.05, 3.63) is 34.6 Å². The van der Waals surface area contributed by atoms with E-state index in [1.165, 1.54) is 6.07 Å². The highest BCUT2D eigenvalue weighted by Gasteiger charge is 2.07. The molecule has 1 N–H and O–H groups in total. The maximum atomic E-state index is 13.0. The van der Waals surface area contributed by atoms with Crippen molar-refractivity contribution >= 4 is 11.6 Å². The summed E-state index contributed by atoms with van der Waals surface area (Å²) in [5.41, 5.74) is 0.994. The van der Waals surface area contributed by atoms with Gasteiger partial charge in [-0.15, -0.1) is 12.3 Å². The molecule has 3 heteroatoms. The summed E-state index contributed by atoms with van der Waals surface area (Å²) in [5.74, 6) is 2.24. The highest BCUT2D eigenvalue weighted by Crippen LogP contribution is 2.20. The van der Waals surface area contributed by atoms with Crippen LogP contribution in [0.1, 0.15) is 37.8 Å². The average molecular weight is 254 g/mol. The second kappa shape index (κ2) is 7.32. The van der Waals surface area contributed by atoms with E-state index in [1.54, 1.807) is 12.1 Å². The summed E-state index contributed by atoms with van der Waals surface area (Å²) < 4.78 is 13.0. The third kappa shape index (κ3) is 4.77. The molecule has 0 aliphatic rings. The summed E-state index contributed by atoms with van der Waals surface area (Å²) in [6.07, 6.45) is 8.06. The predicted octanol–water partition coefficient (Wildman–Crippen LogP) is 3.93. The maximum absolute atomic E-state index is 13.0. The third-order valence-electron chi connectivity index (χ3n) is 2.64. The Balaban J connectivity index is 2.39. The molecule has 1 rings (SSSR count). The number of unbranched alkanes of at least 4 members (excludes halogenated alkanes) is 2. The molecule has 0 heterocycles. The van der Waals surface area contributed by atoms with Crippen molar-refractivity contribution in [3.63, 3.8) is 0 Å². The van der Waals surface area contributed by atoms with Gasteiger partial charge in [-0.1, -0.05) is 17.7 Å². The van der Waals surface area contributed by atoms with Crippen LogP contribution < -0.4 is 5.32 Å². The lowest BCUT2D eigenvalue weighted by molar-refractivity contribution is 0.547. The monoisotopic (exact) mass is 253 g/mol. The molecule has 0 aliphatic heterocycles. The topological polar surface area (TPSA) is 12.0 Å². The van der Waals surface area contributed by atoms with Crippen LogP contribution in [-0.2, 0) is 0 Å². The minimum absolute atomic E-state index is 0.166. The quantitative estimate of drug-likeness (QED) is 0.598. The number of rotatable bonds is 6. The Morgan fingerprint density at radius 2 is 2.24 bits per heavy atom. The van der Waals surface area contributed by atoms with Crippen LogP contribution in [0.4, 0.5) is 4.39 Å². The molecule has 0 amide bonds. The molecule has 0 bridgehead atoms. The molecule has 17 heavy (non-hydrogen) atoms. The van der Waals surface area contributed by atoms with Crippen LogP contribution in [0.5, 0.6) is 0 Å². The molecule has 1 atom stereocenters. The van der Waals surface area contributed by atoms with Gasteiger partial charge in [0.15, 0.2) is 0 Å². The van der Waals surface area contributed by atoms with Gasteiger partial charge in [0.1, 0.15) is 5.82 Å². The SMILES string of the molecule is C#CCCCCNC(C)c1ccc(F)c(Cl)c1. The lowest BCUT2D eigenvalue weighted by Crippen LogP contribution is -2.19. The van der Waals surface area contributed by atoms with Crippen molar-refractivity contribution in [1.29, 1.82) is 0 Å². The molecule has 0 saturated heterocycles. The normalized spacial score (nSPS) is 12.1. The molecule has 0 fully saturated rings. The second-order valence-electron chi connectivity index (χ2n) is 4.01. The van der Waals surface area contributed by atoms with Crippen molar-refractivity contribution in [2.45, 2.75) is 32.2 Å². The molecule has 0 aromatic heterocycles. The standard InChI is InChI=1S/C14H17ClFN/c1-3-4-5-6-9-17-11(2)12-7-8-14(16)13(15)10-12/h1,7-8,10-11,17H,4-6,9H2,2H3. The second-order valence-corrected chi connectivity index (χ2v) is 4.42. The van der Waals surface area contributed by atoms with E-state index in [-0.39, 0.29) is 16.9 Å². The summed E-state index contributed by atoms with van der Waals surface area (Å²) >= 11 is 5.74. The fraction of sp³-hybridized carbons (Fsp3) is 0.429. The first-order valence-electron chi connectivity index (χ1n) is 5.77. The lowest BCUT2D eigenvalue weighted by Gasteiger charge is -2.14. The van der Waals surface area contributed by atoms with Gasteiger partial charge >= 0.3 is 0 Å². The molecule has 1 unspecified atom stereocenters. The van der Waals surface area contributed by atoms with E-state index in [4.69, 9.17) is 18.0 Å². The van der Waals surface area contributed by atoms with Crippen molar-refractivity contribution in [2.24, 2.45) is 0 Å². The highest BCUT2D eigenvalue weighted by atomic mass is 35.5. The summed E-state index contributed by atoms with van der Waals surface area (Å²) in [4.78, 5) is 0. The number of hydrogen-bond acceptors (Lipinski definition) is 1. The zero-order chi connectivity index (χ0) is 12.7. The average Bonchev–Trinajstić information content (AvgIpc) is 2.32. The molecule has 0 spiro atoms. The fourth-order valence-corrected chi connectivity index (χ4v) is 1.76. The number of nitrogens with one attached hydrogen (secondary N) is 1. The minimum Gasteiger partial charge on any atom is -0.310 e. The molecular formula is C14H17ClFN. The van der Waals surface area contributed by atoms with Crippen LogP contribution >= 0.6 is 11.6 Å². The van der Waals surface area contributed by atoms with Gasteiger partial charge in [0.25, 0.3) is 0 Å². The number of benzene rings is 1. The van der Waals surface area contributed by atoms with Crippen molar-refractivity contribution in [1.82, 2.24) is 5.32 Å². The van der Waals surface area contributed by atoms with Gasteiger partial charge in [-0.2, -0.15) is 0 Å². The van der Waals surface area contributed by atoms with E-state index in [0.717, 1.165) is 31.4 Å². The van der Waals surface area contributed by atoms with Crippen LogP contribution in [0.2, 0.25) is 5.02 Å². The first-order chi connectivity index (χ1) is 8.15. The Labute approximate surface area is 107 Å². The molecule has 0 radical (unpaired) electrons. The van der Waals surface area contributed by atoms with Crippen LogP contribution in [0.25, 0.3) is 0 Å². The maximum Gasteiger partial charge on any atom is 0.141 e. The first kappa shape index (κ1) is 14.0. The molecular weight excluding hydrogens is 237 g/mol. The number of hydrogen-bond donors (Lipinski definition) is 1. The van der Waals surface area contributed by atoms with E-state index in [0.29, 0.717) is 0 Å². The Hall–Kier alpha value is -1.04. The van der Waals surface area contributed by atoms with Crippen LogP contribution in [0.15, 0.2) is 18.2 Å².